The average Bonchev–Trinajstić information content (AvgIpc) is 3.86. The quantitative estimate of drug-likeness (QED) is 0.0287. The number of likely N-dealkylation sites (N-methyl/N-ethyl adjacent to an activating group) is 2. The second kappa shape index (κ2) is 31.3. The molecule has 2 heterocycles. The predicted molar refractivity (Wildman–Crippen MR) is 294 cm³/mol. The number of phenols is 1. The van der Waals surface area contributed by atoms with Crippen LogP contribution >= 0.6 is 11.3 Å². The van der Waals surface area contributed by atoms with Crippen molar-refractivity contribution in [2.75, 3.05) is 45.7 Å². The van der Waals surface area contributed by atoms with Gasteiger partial charge in [-0.3, -0.25) is 43.3 Å². The summed E-state index contributed by atoms with van der Waals surface area (Å²) in [7, 11) is 3.60. The number of aliphatic carboxylic acids is 1. The summed E-state index contributed by atoms with van der Waals surface area (Å²) >= 11 is 1.10. The molecule has 0 radical (unpaired) electrons. The zero-order valence-electron chi connectivity index (χ0n) is 47.5. The van der Waals surface area contributed by atoms with Crippen LogP contribution in [0.25, 0.3) is 0 Å². The number of phenolic OH excluding ortho intramolecular Hbond substituents is 1. The summed E-state index contributed by atoms with van der Waals surface area (Å²) in [6, 6.07) is 2.18. The number of aromatic hydroxyl groups is 1. The van der Waals surface area contributed by atoms with Gasteiger partial charge in [0.25, 0.3) is 17.7 Å². The van der Waals surface area contributed by atoms with Gasteiger partial charge in [0.15, 0.2) is 6.10 Å². The third-order valence-corrected chi connectivity index (χ3v) is 14.9. The highest BCUT2D eigenvalue weighted by Gasteiger charge is 2.38. The molecule has 6 amide bonds. The second-order valence-electron chi connectivity index (χ2n) is 21.9. The molecular formula is C56H86N8O12S. The number of carboxylic acid groups (broad SMARTS) is 1. The average molecular weight is 1100 g/mol. The van der Waals surface area contributed by atoms with Gasteiger partial charge in [0.2, 0.25) is 17.7 Å². The lowest BCUT2D eigenvalue weighted by atomic mass is 9.92. The Morgan fingerprint density at radius 2 is 1.60 bits per heavy atom. The molecule has 21 heteroatoms. The van der Waals surface area contributed by atoms with Crippen molar-refractivity contribution in [2.24, 2.45) is 29.6 Å². The van der Waals surface area contributed by atoms with E-state index in [4.69, 9.17) is 9.47 Å². The number of likely N-dealkylation sites (tertiary alicyclic amines) is 1. The minimum absolute atomic E-state index is 0.00120. The first-order valence-electron chi connectivity index (χ1n) is 26.9. The number of amides is 6. The van der Waals surface area contributed by atoms with Crippen LogP contribution in [0.1, 0.15) is 155 Å². The molecule has 1 aliphatic rings. The number of aromatic nitrogens is 1. The highest BCUT2D eigenvalue weighted by atomic mass is 32.1. The third kappa shape index (κ3) is 22.0. The Hall–Kier alpha value is -6.11. The van der Waals surface area contributed by atoms with Crippen LogP contribution in [0.3, 0.4) is 0 Å². The first kappa shape index (κ1) is 65.2. The Morgan fingerprint density at radius 3 is 2.19 bits per heavy atom. The molecule has 0 spiro atoms. The number of thiazole rings is 1. The summed E-state index contributed by atoms with van der Waals surface area (Å²) in [5.41, 5.74) is -0.109. The van der Waals surface area contributed by atoms with Crippen LogP contribution in [-0.2, 0) is 49.5 Å². The number of carbonyl (C=O) groups is 8. The van der Waals surface area contributed by atoms with Gasteiger partial charge in [0.05, 0.1) is 35.8 Å². The van der Waals surface area contributed by atoms with E-state index in [0.717, 1.165) is 37.1 Å². The Bertz CT molecular complexity index is 2400. The van der Waals surface area contributed by atoms with Gasteiger partial charge in [-0.2, -0.15) is 0 Å². The van der Waals surface area contributed by atoms with Crippen LogP contribution in [0.15, 0.2) is 23.6 Å². The fourth-order valence-electron chi connectivity index (χ4n) is 8.74. The lowest BCUT2D eigenvalue weighted by Crippen LogP contribution is -2.58. The molecule has 2 aromatic rings. The molecule has 8 atom stereocenters. The first-order chi connectivity index (χ1) is 36.1. The van der Waals surface area contributed by atoms with Crippen molar-refractivity contribution >= 4 is 64.4 Å². The molecule has 1 aromatic heterocycles. The van der Waals surface area contributed by atoms with Crippen molar-refractivity contribution in [3.05, 3.63) is 39.8 Å². The number of hydrogen-bond acceptors (Lipinski definition) is 14. The number of piperidine rings is 1. The van der Waals surface area contributed by atoms with E-state index in [-0.39, 0.29) is 79.2 Å². The highest BCUT2D eigenvalue weighted by Crippen LogP contribution is 2.32. The highest BCUT2D eigenvalue weighted by molar-refractivity contribution is 7.09. The number of nitrogens with zero attached hydrogens (tertiary/aromatic N) is 3. The minimum atomic E-state index is -1.08. The van der Waals surface area contributed by atoms with E-state index in [1.807, 2.05) is 53.5 Å². The summed E-state index contributed by atoms with van der Waals surface area (Å²) in [6.45, 7) is 21.4. The number of benzene rings is 1. The molecule has 3 rings (SSSR count). The molecule has 77 heavy (non-hydrogen) atoms. The van der Waals surface area contributed by atoms with Gasteiger partial charge >= 0.3 is 11.9 Å². The van der Waals surface area contributed by atoms with E-state index < -0.39 is 77.2 Å². The maximum absolute atomic E-state index is 14.4. The minimum Gasteiger partial charge on any atom is -0.506 e. The molecule has 1 saturated heterocycles. The van der Waals surface area contributed by atoms with Crippen LogP contribution in [0.5, 0.6) is 5.75 Å². The van der Waals surface area contributed by atoms with E-state index in [9.17, 15) is 48.6 Å². The van der Waals surface area contributed by atoms with Crippen molar-refractivity contribution in [1.29, 1.82) is 0 Å². The van der Waals surface area contributed by atoms with E-state index in [1.54, 1.807) is 44.9 Å². The monoisotopic (exact) mass is 1090 g/mol. The number of hydrogen-bond donors (Lipinski definition) is 7. The topological polar surface area (TPSA) is 275 Å². The molecule has 0 saturated carbocycles. The number of ether oxygens (including phenoxy) is 2. The maximum atomic E-state index is 14.4. The molecule has 1 fully saturated rings. The Kier molecular flexibility index (Phi) is 26.5. The van der Waals surface area contributed by atoms with E-state index in [1.165, 1.54) is 25.3 Å². The van der Waals surface area contributed by atoms with Crippen LogP contribution in [0.4, 0.5) is 5.69 Å². The van der Waals surface area contributed by atoms with Gasteiger partial charge in [-0.1, -0.05) is 74.3 Å². The van der Waals surface area contributed by atoms with Crippen molar-refractivity contribution in [2.45, 2.75) is 170 Å². The van der Waals surface area contributed by atoms with Gasteiger partial charge in [-0.25, -0.2) is 4.98 Å². The maximum Gasteiger partial charge on any atom is 0.306 e. The van der Waals surface area contributed by atoms with Crippen molar-refractivity contribution in [1.82, 2.24) is 36.1 Å². The smallest absolute Gasteiger partial charge is 0.306 e. The lowest BCUT2D eigenvalue weighted by molar-refractivity contribution is -0.149. The molecule has 0 bridgehead atoms. The van der Waals surface area contributed by atoms with E-state index in [2.05, 4.69) is 43.4 Å². The number of rotatable bonds is 29. The summed E-state index contributed by atoms with van der Waals surface area (Å²) in [4.78, 5) is 112. The molecule has 1 aliphatic heterocycles. The van der Waals surface area contributed by atoms with Crippen molar-refractivity contribution < 1.29 is 58.0 Å². The van der Waals surface area contributed by atoms with Gasteiger partial charge < -0.3 is 51.2 Å². The number of nitrogens with one attached hydrogen (secondary N) is 5. The summed E-state index contributed by atoms with van der Waals surface area (Å²) < 4.78 is 11.9. The Morgan fingerprint density at radius 1 is 0.935 bits per heavy atom. The molecular weight excluding hydrogens is 1010 g/mol. The molecule has 428 valence electrons. The normalized spacial score (nSPS) is 16.5. The Labute approximate surface area is 459 Å². The van der Waals surface area contributed by atoms with Gasteiger partial charge in [-0.15, -0.1) is 11.3 Å². The predicted octanol–water partition coefficient (Wildman–Crippen LogP) is 5.83. The number of anilines is 1. The SMILES string of the molecule is CC[C@H](C)[C@H](NC(=O)[C@H]1CCCCN1C)C(=O)N(C)C(C[C@@H](OC(C)=O)c1nc(C(=O)N[C@@H](Cc2ccc(O)c(NC(=O)C(C)COC(C)(C)CCNC(=O)C#CC(=O)NCCC(C)C)c2)CC(C)C(=O)O)cs1)C(C)C. The van der Waals surface area contributed by atoms with Crippen LogP contribution in [0, 0.1) is 41.4 Å². The number of esters is 1. The molecule has 3 unspecified atom stereocenters. The van der Waals surface area contributed by atoms with Gasteiger partial charge in [-0.05, 0) is 101 Å². The molecule has 20 nitrogen and oxygen atoms in total. The van der Waals surface area contributed by atoms with Gasteiger partial charge in [0.1, 0.15) is 22.5 Å². The molecule has 7 N–H and O–H groups in total. The zero-order chi connectivity index (χ0) is 57.7. The summed E-state index contributed by atoms with van der Waals surface area (Å²) in [5, 5.41) is 36.5. The number of carbonyl (C=O) groups excluding carboxylic acids is 7. The zero-order valence-corrected chi connectivity index (χ0v) is 48.3. The Balaban J connectivity index is 1.71. The summed E-state index contributed by atoms with van der Waals surface area (Å²) in [5.74, 6) is -1.43. The van der Waals surface area contributed by atoms with Gasteiger partial charge in [0, 0.05) is 62.8 Å². The van der Waals surface area contributed by atoms with E-state index >= 15 is 0 Å². The lowest BCUT2D eigenvalue weighted by Gasteiger charge is -2.38. The van der Waals surface area contributed by atoms with Crippen LogP contribution in [0.2, 0.25) is 0 Å². The summed E-state index contributed by atoms with van der Waals surface area (Å²) in [6.07, 6.45) is 3.77. The third-order valence-electron chi connectivity index (χ3n) is 13.9. The number of carboxylic acids is 1. The second-order valence-corrected chi connectivity index (χ2v) is 22.8. The fraction of sp³-hybridized carbons (Fsp3) is 0.661. The molecule has 1 aromatic carbocycles. The fourth-order valence-corrected chi connectivity index (χ4v) is 9.58. The van der Waals surface area contributed by atoms with Crippen LogP contribution < -0.4 is 26.6 Å². The van der Waals surface area contributed by atoms with Crippen molar-refractivity contribution in [3.63, 3.8) is 0 Å². The first-order valence-corrected chi connectivity index (χ1v) is 27.8. The molecule has 0 aliphatic carbocycles. The van der Waals surface area contributed by atoms with Crippen LogP contribution in [-0.4, -0.2) is 142 Å². The largest absolute Gasteiger partial charge is 0.506 e. The van der Waals surface area contributed by atoms with E-state index in [0.29, 0.717) is 42.3 Å². The van der Waals surface area contributed by atoms with Crippen molar-refractivity contribution in [3.8, 4) is 17.6 Å². The standard InChI is InChI=1S/C56H86N8O12S/c1-14-35(6)49(62-52(71)43-17-15-16-26-63(43)12)54(72)64(13)44(34(4)5)30-46(76-38(9)65)53-61-42(32-77-53)51(70)59-40(27-36(7)55(73)74)28-39-18-19-45(66)41(29-39)60-50(69)37(8)31-75-56(10,11)23-25-58-48(68)21-20-47(67)57-24-22-33(2)3/h18-19,29,32-37,40,43-44,46,49,66H,14-17,22-28,30-31H2,1-13H3,(H,57,67)(H,58,68)(H,59,70)(H,60,69)(H,62,71)(H,73,74)/t35-,36?,37?,40+,43+,44?,46+,49-/m0/s1.